The number of rotatable bonds is 7. The molecule has 2 aromatic carbocycles. The summed E-state index contributed by atoms with van der Waals surface area (Å²) in [6, 6.07) is 12.4. The van der Waals surface area contributed by atoms with Crippen molar-refractivity contribution in [3.05, 3.63) is 53.6 Å². The fraction of sp³-hybridized carbons (Fsp3) is 0.350. The van der Waals surface area contributed by atoms with E-state index >= 15 is 0 Å². The van der Waals surface area contributed by atoms with Crippen LogP contribution >= 0.6 is 0 Å². The Kier molecular flexibility index (Phi) is 5.79. The molecule has 0 spiro atoms. The van der Waals surface area contributed by atoms with Crippen molar-refractivity contribution in [1.82, 2.24) is 4.41 Å². The Bertz CT molecular complexity index is 971. The maximum absolute atomic E-state index is 12.4. The summed E-state index contributed by atoms with van der Waals surface area (Å²) in [6.07, 6.45) is 1.59. The van der Waals surface area contributed by atoms with E-state index in [1.54, 1.807) is 26.4 Å². The van der Waals surface area contributed by atoms with E-state index in [1.165, 1.54) is 4.41 Å². The monoisotopic (exact) mass is 404 g/mol. The molecule has 0 saturated heterocycles. The molecule has 0 fully saturated rings. The van der Waals surface area contributed by atoms with Gasteiger partial charge >= 0.3 is 0 Å². The Labute approximate surface area is 165 Å². The topological polar surface area (TPSA) is 77.4 Å². The van der Waals surface area contributed by atoms with E-state index in [9.17, 15) is 8.42 Å². The number of methoxy groups -OCH3 is 2. The summed E-state index contributed by atoms with van der Waals surface area (Å²) in [4.78, 5) is 0. The lowest BCUT2D eigenvalue weighted by atomic mass is 9.98. The molecule has 0 unspecified atom stereocenters. The fourth-order valence-electron chi connectivity index (χ4n) is 3.20. The second-order valence-corrected chi connectivity index (χ2v) is 8.21. The molecule has 0 radical (unpaired) electrons. The number of benzene rings is 2. The molecule has 8 heteroatoms. The van der Waals surface area contributed by atoms with E-state index in [0.29, 0.717) is 30.2 Å². The average Bonchev–Trinajstić information content (AvgIpc) is 3.14. The molecule has 7 nitrogen and oxygen atoms in total. The van der Waals surface area contributed by atoms with Crippen LogP contribution in [0.25, 0.3) is 0 Å². The van der Waals surface area contributed by atoms with E-state index in [2.05, 4.69) is 5.10 Å². The Morgan fingerprint density at radius 2 is 1.75 bits per heavy atom. The predicted octanol–water partition coefficient (Wildman–Crippen LogP) is 3.21. The second kappa shape index (κ2) is 8.10. The summed E-state index contributed by atoms with van der Waals surface area (Å²) in [5, 5.41) is 4.42. The minimum Gasteiger partial charge on any atom is -0.497 e. The zero-order valence-electron chi connectivity index (χ0n) is 16.4. The van der Waals surface area contributed by atoms with Crippen LogP contribution in [0.15, 0.2) is 47.6 Å². The quantitative estimate of drug-likeness (QED) is 0.708. The molecular weight excluding hydrogens is 380 g/mol. The van der Waals surface area contributed by atoms with Crippen LogP contribution in [-0.2, 0) is 10.0 Å². The summed E-state index contributed by atoms with van der Waals surface area (Å²) < 4.78 is 42.1. The van der Waals surface area contributed by atoms with Gasteiger partial charge in [-0.25, -0.2) is 8.42 Å². The van der Waals surface area contributed by atoms with Crippen LogP contribution in [0.1, 0.15) is 30.5 Å². The Morgan fingerprint density at radius 1 is 1.07 bits per heavy atom. The summed E-state index contributed by atoms with van der Waals surface area (Å²) in [5.41, 5.74) is 2.23. The second-order valence-electron chi connectivity index (χ2n) is 6.37. The van der Waals surface area contributed by atoms with Crippen LogP contribution in [-0.4, -0.2) is 45.6 Å². The molecule has 3 rings (SSSR count). The Hall–Kier alpha value is -2.74. The molecule has 0 aliphatic carbocycles. The van der Waals surface area contributed by atoms with Crippen molar-refractivity contribution in [3.63, 3.8) is 0 Å². The minimum absolute atomic E-state index is 0.424. The smallest absolute Gasteiger partial charge is 0.247 e. The van der Waals surface area contributed by atoms with Gasteiger partial charge in [0.25, 0.3) is 0 Å². The first-order valence-corrected chi connectivity index (χ1v) is 10.7. The van der Waals surface area contributed by atoms with Gasteiger partial charge in [0.15, 0.2) is 0 Å². The van der Waals surface area contributed by atoms with Gasteiger partial charge in [0.05, 0.1) is 38.8 Å². The molecule has 1 aliphatic heterocycles. The van der Waals surface area contributed by atoms with Crippen LogP contribution in [0, 0.1) is 0 Å². The molecule has 2 aromatic rings. The highest BCUT2D eigenvalue weighted by Gasteiger charge is 2.35. The van der Waals surface area contributed by atoms with Crippen LogP contribution in [0.2, 0.25) is 0 Å². The minimum atomic E-state index is -3.54. The first-order chi connectivity index (χ1) is 13.4. The first kappa shape index (κ1) is 20.0. The van der Waals surface area contributed by atoms with Gasteiger partial charge in [0.1, 0.15) is 17.2 Å². The summed E-state index contributed by atoms with van der Waals surface area (Å²) in [6.45, 7) is 2.49. The third kappa shape index (κ3) is 4.06. The van der Waals surface area contributed by atoms with Gasteiger partial charge < -0.3 is 14.2 Å². The molecule has 0 N–H and O–H groups in total. The number of hydrogen-bond donors (Lipinski definition) is 0. The van der Waals surface area contributed by atoms with Crippen LogP contribution < -0.4 is 14.2 Å². The van der Waals surface area contributed by atoms with Crippen molar-refractivity contribution < 1.29 is 22.6 Å². The number of ether oxygens (including phenoxy) is 3. The Balaban J connectivity index is 1.98. The predicted molar refractivity (Wildman–Crippen MR) is 108 cm³/mol. The van der Waals surface area contributed by atoms with E-state index in [4.69, 9.17) is 14.2 Å². The van der Waals surface area contributed by atoms with Crippen molar-refractivity contribution in [2.24, 2.45) is 5.10 Å². The molecule has 150 valence electrons. The van der Waals surface area contributed by atoms with E-state index in [1.807, 2.05) is 37.3 Å². The maximum atomic E-state index is 12.4. The number of nitrogens with zero attached hydrogens (tertiary/aromatic N) is 2. The zero-order chi connectivity index (χ0) is 20.3. The van der Waals surface area contributed by atoms with Gasteiger partial charge in [-0.3, -0.25) is 0 Å². The van der Waals surface area contributed by atoms with Crippen LogP contribution in [0.5, 0.6) is 17.2 Å². The van der Waals surface area contributed by atoms with Gasteiger partial charge in [-0.1, -0.05) is 12.1 Å². The molecule has 0 amide bonds. The standard InChI is InChI=1S/C20H24N2O5S/c1-5-27-15-8-6-14(7-9-15)19-13-18(21-22(19)28(4,23)24)17-11-10-16(25-2)12-20(17)26-3/h6-12,19H,5,13H2,1-4H3/t19-/m1/s1. The molecule has 0 aromatic heterocycles. The number of sulfonamides is 1. The fourth-order valence-corrected chi connectivity index (χ4v) is 4.10. The lowest BCUT2D eigenvalue weighted by Gasteiger charge is -2.21. The third-order valence-electron chi connectivity index (χ3n) is 4.51. The summed E-state index contributed by atoms with van der Waals surface area (Å²) >= 11 is 0. The van der Waals surface area contributed by atoms with Crippen LogP contribution in [0.4, 0.5) is 0 Å². The molecule has 0 saturated carbocycles. The largest absolute Gasteiger partial charge is 0.497 e. The van der Waals surface area contributed by atoms with E-state index < -0.39 is 16.1 Å². The highest BCUT2D eigenvalue weighted by Crippen LogP contribution is 2.37. The van der Waals surface area contributed by atoms with Gasteiger partial charge in [0, 0.05) is 18.1 Å². The lowest BCUT2D eigenvalue weighted by Crippen LogP contribution is -2.25. The zero-order valence-corrected chi connectivity index (χ0v) is 17.2. The van der Waals surface area contributed by atoms with Crippen LogP contribution in [0.3, 0.4) is 0 Å². The van der Waals surface area contributed by atoms with Crippen molar-refractivity contribution in [2.45, 2.75) is 19.4 Å². The van der Waals surface area contributed by atoms with Crippen molar-refractivity contribution in [2.75, 3.05) is 27.1 Å². The maximum Gasteiger partial charge on any atom is 0.247 e. The number of hydrazone groups is 1. The first-order valence-electron chi connectivity index (χ1n) is 8.89. The van der Waals surface area contributed by atoms with Crippen molar-refractivity contribution in [1.29, 1.82) is 0 Å². The van der Waals surface area contributed by atoms with E-state index in [-0.39, 0.29) is 0 Å². The highest BCUT2D eigenvalue weighted by atomic mass is 32.2. The third-order valence-corrected chi connectivity index (χ3v) is 5.52. The summed E-state index contributed by atoms with van der Waals surface area (Å²) in [5.74, 6) is 1.98. The molecule has 1 aliphatic rings. The highest BCUT2D eigenvalue weighted by molar-refractivity contribution is 7.88. The molecular formula is C20H24N2O5S. The van der Waals surface area contributed by atoms with E-state index in [0.717, 1.165) is 23.1 Å². The Morgan fingerprint density at radius 3 is 2.32 bits per heavy atom. The van der Waals surface area contributed by atoms with Gasteiger partial charge in [-0.2, -0.15) is 9.52 Å². The normalized spacial score (nSPS) is 16.6. The summed E-state index contributed by atoms with van der Waals surface area (Å²) in [7, 11) is -0.405. The number of hydrogen-bond acceptors (Lipinski definition) is 6. The van der Waals surface area contributed by atoms with Gasteiger partial charge in [-0.05, 0) is 36.8 Å². The molecule has 1 atom stereocenters. The average molecular weight is 404 g/mol. The molecule has 0 bridgehead atoms. The van der Waals surface area contributed by atoms with Crippen molar-refractivity contribution >= 4 is 15.7 Å². The van der Waals surface area contributed by atoms with Gasteiger partial charge in [0.2, 0.25) is 10.0 Å². The molecule has 1 heterocycles. The SMILES string of the molecule is CCOc1ccc([C@H]2CC(c3ccc(OC)cc3OC)=NN2S(C)(=O)=O)cc1. The lowest BCUT2D eigenvalue weighted by molar-refractivity contribution is 0.339. The molecule has 28 heavy (non-hydrogen) atoms. The van der Waals surface area contributed by atoms with Crippen molar-refractivity contribution in [3.8, 4) is 17.2 Å². The van der Waals surface area contributed by atoms with Gasteiger partial charge in [-0.15, -0.1) is 0 Å².